The van der Waals surface area contributed by atoms with E-state index in [9.17, 15) is 0 Å². The molecule has 1 aliphatic carbocycles. The molecule has 0 bridgehead atoms. The molecule has 0 aromatic carbocycles. The number of ether oxygens (including phenoxy) is 1. The predicted molar refractivity (Wildman–Crippen MR) is 88.7 cm³/mol. The van der Waals surface area contributed by atoms with Crippen LogP contribution in [0.1, 0.15) is 73.0 Å². The second-order valence-corrected chi connectivity index (χ2v) is 8.12. The first kappa shape index (κ1) is 17.4. The highest BCUT2D eigenvalue weighted by Crippen LogP contribution is 2.45. The highest BCUT2D eigenvalue weighted by molar-refractivity contribution is 5.07. The molecule has 5 heteroatoms. The number of aromatic nitrogens is 3. The van der Waals surface area contributed by atoms with E-state index in [4.69, 9.17) is 4.74 Å². The minimum Gasteiger partial charge on any atom is -0.372 e. The van der Waals surface area contributed by atoms with E-state index in [0.29, 0.717) is 12.1 Å². The van der Waals surface area contributed by atoms with Crippen molar-refractivity contribution in [3.05, 3.63) is 11.9 Å². The Morgan fingerprint density at radius 2 is 2.14 bits per heavy atom. The third-order valence-electron chi connectivity index (χ3n) is 4.58. The molecule has 1 N–H and O–H groups in total. The number of rotatable bonds is 6. The summed E-state index contributed by atoms with van der Waals surface area (Å²) in [6.45, 7) is 16.2. The fourth-order valence-electron chi connectivity index (χ4n) is 3.03. The molecule has 1 aliphatic rings. The Labute approximate surface area is 134 Å². The lowest BCUT2D eigenvalue weighted by atomic mass is 9.64. The van der Waals surface area contributed by atoms with Gasteiger partial charge in [0.05, 0.1) is 29.6 Å². The van der Waals surface area contributed by atoms with Crippen molar-refractivity contribution in [3.8, 4) is 0 Å². The molecule has 5 nitrogen and oxygen atoms in total. The first-order valence-electron chi connectivity index (χ1n) is 8.47. The van der Waals surface area contributed by atoms with Crippen LogP contribution >= 0.6 is 0 Å². The summed E-state index contributed by atoms with van der Waals surface area (Å²) < 4.78 is 8.09. The summed E-state index contributed by atoms with van der Waals surface area (Å²) in [6, 6.07) is 0.664. The van der Waals surface area contributed by atoms with Crippen molar-refractivity contribution in [2.24, 2.45) is 5.41 Å². The summed E-state index contributed by atoms with van der Waals surface area (Å²) in [5.41, 5.74) is 1.08. The van der Waals surface area contributed by atoms with E-state index >= 15 is 0 Å². The maximum absolute atomic E-state index is 6.17. The normalized spacial score (nSPS) is 25.8. The van der Waals surface area contributed by atoms with E-state index in [1.807, 2.05) is 4.68 Å². The zero-order valence-corrected chi connectivity index (χ0v) is 15.2. The van der Waals surface area contributed by atoms with Gasteiger partial charge in [0, 0.05) is 18.0 Å². The molecule has 2 rings (SSSR count). The number of hydrogen-bond acceptors (Lipinski definition) is 4. The van der Waals surface area contributed by atoms with Gasteiger partial charge >= 0.3 is 0 Å². The molecule has 1 saturated carbocycles. The molecular formula is C17H32N4O. The zero-order valence-electron chi connectivity index (χ0n) is 15.2. The quantitative estimate of drug-likeness (QED) is 0.876. The third kappa shape index (κ3) is 3.87. The standard InChI is InChI=1S/C17H32N4O/c1-8-9-21-11-13(19-20-21)12(2)18-14-10-15(17(14,6)7)22-16(3,4)5/h11-12,14-15,18H,8-10H2,1-7H3/t12?,14-,15+/m1/s1. The van der Waals surface area contributed by atoms with Crippen molar-refractivity contribution in [3.63, 3.8) is 0 Å². The molecule has 1 heterocycles. The first-order chi connectivity index (χ1) is 10.1. The molecule has 1 aromatic rings. The van der Waals surface area contributed by atoms with E-state index in [0.717, 1.165) is 25.1 Å². The molecule has 0 radical (unpaired) electrons. The van der Waals surface area contributed by atoms with Gasteiger partial charge in [-0.1, -0.05) is 26.0 Å². The van der Waals surface area contributed by atoms with Gasteiger partial charge in [-0.3, -0.25) is 4.68 Å². The second kappa shape index (κ2) is 6.28. The van der Waals surface area contributed by atoms with Gasteiger partial charge in [0.25, 0.3) is 0 Å². The van der Waals surface area contributed by atoms with Gasteiger partial charge in [0.15, 0.2) is 0 Å². The van der Waals surface area contributed by atoms with Gasteiger partial charge in [-0.15, -0.1) is 5.10 Å². The van der Waals surface area contributed by atoms with Crippen LogP contribution < -0.4 is 5.32 Å². The first-order valence-corrected chi connectivity index (χ1v) is 8.47. The molecule has 22 heavy (non-hydrogen) atoms. The van der Waals surface area contributed by atoms with Crippen LogP contribution in [0.3, 0.4) is 0 Å². The van der Waals surface area contributed by atoms with Crippen molar-refractivity contribution in [2.75, 3.05) is 0 Å². The molecule has 0 spiro atoms. The lowest BCUT2D eigenvalue weighted by molar-refractivity contribution is -0.174. The predicted octanol–water partition coefficient (Wildman–Crippen LogP) is 3.32. The van der Waals surface area contributed by atoms with Gasteiger partial charge in [-0.05, 0) is 40.5 Å². The Balaban J connectivity index is 1.91. The monoisotopic (exact) mass is 308 g/mol. The second-order valence-electron chi connectivity index (χ2n) is 8.12. The van der Waals surface area contributed by atoms with Gasteiger partial charge < -0.3 is 10.1 Å². The average Bonchev–Trinajstić information content (AvgIpc) is 2.85. The van der Waals surface area contributed by atoms with Crippen molar-refractivity contribution in [1.29, 1.82) is 0 Å². The Morgan fingerprint density at radius 1 is 1.45 bits per heavy atom. The maximum Gasteiger partial charge on any atom is 0.0993 e. The molecule has 0 amide bonds. The van der Waals surface area contributed by atoms with Crippen LogP contribution in [-0.4, -0.2) is 32.7 Å². The zero-order chi connectivity index (χ0) is 16.5. The minimum atomic E-state index is -0.0820. The minimum absolute atomic E-state index is 0.0820. The van der Waals surface area contributed by atoms with Crippen molar-refractivity contribution >= 4 is 0 Å². The molecule has 1 aromatic heterocycles. The Bertz CT molecular complexity index is 489. The van der Waals surface area contributed by atoms with Crippen LogP contribution in [0.15, 0.2) is 6.20 Å². The highest BCUT2D eigenvalue weighted by Gasteiger charge is 2.50. The Morgan fingerprint density at radius 3 is 2.68 bits per heavy atom. The van der Waals surface area contributed by atoms with Crippen LogP contribution in [0.4, 0.5) is 0 Å². The summed E-state index contributed by atoms with van der Waals surface area (Å²) in [7, 11) is 0. The van der Waals surface area contributed by atoms with E-state index < -0.39 is 0 Å². The topological polar surface area (TPSA) is 52.0 Å². The fraction of sp³-hybridized carbons (Fsp3) is 0.882. The molecule has 1 unspecified atom stereocenters. The molecule has 126 valence electrons. The van der Waals surface area contributed by atoms with Crippen molar-refractivity contribution in [2.45, 2.75) is 91.6 Å². The van der Waals surface area contributed by atoms with Gasteiger partial charge in [-0.2, -0.15) is 0 Å². The van der Waals surface area contributed by atoms with Crippen molar-refractivity contribution < 1.29 is 4.74 Å². The highest BCUT2D eigenvalue weighted by atomic mass is 16.5. The van der Waals surface area contributed by atoms with E-state index in [-0.39, 0.29) is 17.1 Å². The SMILES string of the molecule is CCCn1cc(C(C)N[C@@H]2C[C@H](OC(C)(C)C)C2(C)C)nn1. The molecule has 1 fully saturated rings. The van der Waals surface area contributed by atoms with Crippen LogP contribution in [0.5, 0.6) is 0 Å². The van der Waals surface area contributed by atoms with Gasteiger partial charge in [0.2, 0.25) is 0 Å². The van der Waals surface area contributed by atoms with Crippen molar-refractivity contribution in [1.82, 2.24) is 20.3 Å². The number of nitrogens with zero attached hydrogens (tertiary/aromatic N) is 3. The molecule has 0 aliphatic heterocycles. The smallest absolute Gasteiger partial charge is 0.0993 e. The molecular weight excluding hydrogens is 276 g/mol. The van der Waals surface area contributed by atoms with Gasteiger partial charge in [0.1, 0.15) is 0 Å². The number of nitrogens with one attached hydrogen (secondary N) is 1. The summed E-state index contributed by atoms with van der Waals surface area (Å²) in [5.74, 6) is 0. The van der Waals surface area contributed by atoms with Crippen LogP contribution in [0.2, 0.25) is 0 Å². The largest absolute Gasteiger partial charge is 0.372 e. The molecule has 0 saturated heterocycles. The summed E-state index contributed by atoms with van der Waals surface area (Å²) in [4.78, 5) is 0. The Kier molecular flexibility index (Phi) is 4.97. The Hall–Kier alpha value is -0.940. The lowest BCUT2D eigenvalue weighted by Crippen LogP contribution is -2.62. The number of aryl methyl sites for hydroxylation is 1. The van der Waals surface area contributed by atoms with Gasteiger partial charge in [-0.25, -0.2) is 0 Å². The van der Waals surface area contributed by atoms with E-state index in [1.165, 1.54) is 0 Å². The number of hydrogen-bond donors (Lipinski definition) is 1. The van der Waals surface area contributed by atoms with Crippen LogP contribution in [0, 0.1) is 5.41 Å². The van der Waals surface area contributed by atoms with E-state index in [2.05, 4.69) is 70.3 Å². The molecule has 3 atom stereocenters. The average molecular weight is 308 g/mol. The van der Waals surface area contributed by atoms with Crippen LogP contribution in [-0.2, 0) is 11.3 Å². The lowest BCUT2D eigenvalue weighted by Gasteiger charge is -2.54. The summed E-state index contributed by atoms with van der Waals surface area (Å²) in [6.07, 6.45) is 4.49. The maximum atomic E-state index is 6.17. The van der Waals surface area contributed by atoms with E-state index in [1.54, 1.807) is 0 Å². The third-order valence-corrected chi connectivity index (χ3v) is 4.58. The summed E-state index contributed by atoms with van der Waals surface area (Å²) in [5, 5.41) is 12.2. The fourth-order valence-corrected chi connectivity index (χ4v) is 3.03. The summed E-state index contributed by atoms with van der Waals surface area (Å²) >= 11 is 0. The van der Waals surface area contributed by atoms with Crippen LogP contribution in [0.25, 0.3) is 0 Å².